The zero-order valence-corrected chi connectivity index (χ0v) is 50.1. The Kier molecular flexibility index (Phi) is 26.7. The van der Waals surface area contributed by atoms with E-state index in [0.29, 0.717) is 0 Å². The molecule has 0 bridgehead atoms. The number of amides is 2. The summed E-state index contributed by atoms with van der Waals surface area (Å²) in [6.07, 6.45) is -73.0. The third kappa shape index (κ3) is 16.7. The van der Waals surface area contributed by atoms with Gasteiger partial charge in [0, 0.05) is 13.8 Å². The van der Waals surface area contributed by atoms with Crippen LogP contribution < -0.4 is 10.6 Å². The molecule has 0 radical (unpaired) electrons. The Bertz CT molecular complexity index is 2350. The predicted molar refractivity (Wildman–Crippen MR) is 285 cm³/mol. The van der Waals surface area contributed by atoms with E-state index in [1.165, 1.54) is 13.8 Å². The van der Waals surface area contributed by atoms with Crippen molar-refractivity contribution in [3.8, 4) is 0 Å². The quantitative estimate of drug-likeness (QED) is 0.0479. The molecule has 41 nitrogen and oxygen atoms in total. The van der Waals surface area contributed by atoms with Gasteiger partial charge >= 0.3 is 0 Å². The Morgan fingerprint density at radius 3 is 1.13 bits per heavy atom. The number of rotatable bonds is 22. The van der Waals surface area contributed by atoms with Gasteiger partial charge in [-0.15, -0.1) is 0 Å². The van der Waals surface area contributed by atoms with Gasteiger partial charge in [-0.3, -0.25) is 9.59 Å². The zero-order chi connectivity index (χ0) is 68.5. The molecule has 93 heavy (non-hydrogen) atoms. The van der Waals surface area contributed by atoms with Gasteiger partial charge in [-0.05, 0) is 13.8 Å². The summed E-state index contributed by atoms with van der Waals surface area (Å²) in [7, 11) is 0. The highest BCUT2D eigenvalue weighted by Crippen LogP contribution is 2.38. The first kappa shape index (κ1) is 76.2. The van der Waals surface area contributed by atoms with Gasteiger partial charge in [0.15, 0.2) is 50.3 Å². The standard InChI is InChI=1S/C52H88N2O39/c1-11-23(60)30(67)35(72)47(82-11)81-10-20-42(43(22(45(78)84-20)54-14(4)59)92-50-38(75)31(68)24(61)12(2)83-50)91-46-21(53-13(3)58)29(66)41(17(7-57)87-46)90-52-40(77)44(93-51-39(76)33(70)26(63)16(6-56)86-51)28(65)19(89-52)9-80-49-37(74)34(71)27(64)18(88-49)8-79-48-36(73)32(69)25(62)15(5-55)85-48/h11-12,15-52,55-57,60-78H,5-10H2,1-4H3,(H,53,58)(H,54,59)/t11-,12-,15+,16+,17+,18+,19+,20+,21+,22+,23+,24+,25+,26+,27+,28+,29+,30+,31+,32-,33-,34-,35-,36-,37-,38-,39-,40-,41+,42+,43+,44-,45?,46-,47+,48-,49-,50-,51+,52-/m0/s1. The molecule has 0 aromatic carbocycles. The molecule has 8 heterocycles. The van der Waals surface area contributed by atoms with Crippen molar-refractivity contribution in [3.05, 3.63) is 0 Å². The first-order valence-corrected chi connectivity index (χ1v) is 29.8. The first-order chi connectivity index (χ1) is 43.8. The zero-order valence-electron chi connectivity index (χ0n) is 50.1. The lowest BCUT2D eigenvalue weighted by Gasteiger charge is -2.51. The van der Waals surface area contributed by atoms with E-state index in [0.717, 1.165) is 13.8 Å². The molecule has 0 saturated carbocycles. The normalized spacial score (nSPS) is 51.6. The van der Waals surface area contributed by atoms with Crippen LogP contribution in [0.4, 0.5) is 0 Å². The van der Waals surface area contributed by atoms with Gasteiger partial charge in [-0.1, -0.05) is 0 Å². The minimum atomic E-state index is -2.37. The second-order valence-corrected chi connectivity index (χ2v) is 23.9. The van der Waals surface area contributed by atoms with Crippen molar-refractivity contribution < 1.29 is 193 Å². The monoisotopic (exact) mass is 1360 g/mol. The number of aliphatic hydroxyl groups excluding tert-OH is 22. The maximum Gasteiger partial charge on any atom is 0.217 e. The van der Waals surface area contributed by atoms with Gasteiger partial charge < -0.3 is 194 Å². The van der Waals surface area contributed by atoms with Crippen LogP contribution in [-0.4, -0.2) is 409 Å². The third-order valence-electron chi connectivity index (χ3n) is 17.3. The van der Waals surface area contributed by atoms with Crippen molar-refractivity contribution >= 4 is 11.8 Å². The van der Waals surface area contributed by atoms with Gasteiger partial charge in [0.2, 0.25) is 11.8 Å². The van der Waals surface area contributed by atoms with Crippen molar-refractivity contribution in [1.82, 2.24) is 10.6 Å². The maximum atomic E-state index is 13.1. The summed E-state index contributed by atoms with van der Waals surface area (Å²) < 4.78 is 87.4. The molecule has 1 unspecified atom stereocenters. The minimum Gasteiger partial charge on any atom is -0.394 e. The Morgan fingerprint density at radius 2 is 0.634 bits per heavy atom. The van der Waals surface area contributed by atoms with E-state index in [-0.39, 0.29) is 0 Å². The maximum absolute atomic E-state index is 13.1. The fraction of sp³-hybridized carbons (Fsp3) is 0.962. The van der Waals surface area contributed by atoms with Gasteiger partial charge in [-0.2, -0.15) is 0 Å². The molecule has 24 N–H and O–H groups in total. The molecule has 0 spiro atoms. The molecule has 0 aliphatic carbocycles. The predicted octanol–water partition coefficient (Wildman–Crippen LogP) is -16.1. The Hall–Kier alpha value is -2.54. The summed E-state index contributed by atoms with van der Waals surface area (Å²) >= 11 is 0. The molecule has 540 valence electrons. The van der Waals surface area contributed by atoms with Crippen LogP contribution in [0.15, 0.2) is 0 Å². The van der Waals surface area contributed by atoms with Gasteiger partial charge in [-0.25, -0.2) is 0 Å². The van der Waals surface area contributed by atoms with Crippen molar-refractivity contribution in [3.63, 3.8) is 0 Å². The van der Waals surface area contributed by atoms with Crippen LogP contribution in [0.5, 0.6) is 0 Å². The van der Waals surface area contributed by atoms with E-state index in [2.05, 4.69) is 10.6 Å². The van der Waals surface area contributed by atoms with Gasteiger partial charge in [0.1, 0.15) is 183 Å². The average molecular weight is 1370 g/mol. The number of carbonyl (C=O) groups is 2. The second-order valence-electron chi connectivity index (χ2n) is 23.9. The molecule has 8 aliphatic heterocycles. The summed E-state index contributed by atoms with van der Waals surface area (Å²) in [5.41, 5.74) is 0. The molecule has 8 aliphatic rings. The van der Waals surface area contributed by atoms with Gasteiger partial charge in [0.05, 0.1) is 51.8 Å². The van der Waals surface area contributed by atoms with Crippen LogP contribution in [0.1, 0.15) is 27.7 Å². The highest BCUT2D eigenvalue weighted by Gasteiger charge is 2.59. The lowest BCUT2D eigenvalue weighted by molar-refractivity contribution is -0.388. The number of ether oxygens (including phenoxy) is 15. The molecule has 0 aromatic rings. The summed E-state index contributed by atoms with van der Waals surface area (Å²) in [5, 5.41) is 243. The van der Waals surface area contributed by atoms with Crippen LogP contribution in [0.3, 0.4) is 0 Å². The SMILES string of the molecule is CC(=O)N[C@H]1[C@H](O[C@H]2[C@H](O[C@@H]3O[C@@H](C)[C@@H](O)[C@@H](O)[C@@H]3O)[C@@H](NC(C)=O)C(O)O[C@@H]2CO[C@@H]2O[C@@H](C)[C@@H](O)[C@@H](O)[C@@H]2O)O[C@H](CO)[C@@H](O[C@@H]2O[C@H](CO[C@H]3O[C@H](CO[C@H]4O[C@H](CO)[C@@H](O)[C@H](O)[C@@H]4O)[C@@H](O)[C@H](O)[C@@H]3O)[C@@H](O)[C@H](O[C@H]3O[C@H](CO)[C@@H](O)[C@H](O)[C@@H]3O)[C@@H]2O)[C@@H]1O. The molecular weight excluding hydrogens is 1280 g/mol. The number of aliphatic hydroxyl groups is 22. The lowest BCUT2D eigenvalue weighted by Crippen LogP contribution is -2.71. The van der Waals surface area contributed by atoms with Crippen LogP contribution in [0.2, 0.25) is 0 Å². The van der Waals surface area contributed by atoms with Crippen molar-refractivity contribution in [1.29, 1.82) is 0 Å². The van der Waals surface area contributed by atoms with E-state index in [1.807, 2.05) is 0 Å². The average Bonchev–Trinajstić information content (AvgIpc) is 0.771. The molecule has 0 aromatic heterocycles. The highest BCUT2D eigenvalue weighted by molar-refractivity contribution is 5.73. The van der Waals surface area contributed by atoms with Crippen molar-refractivity contribution in [2.24, 2.45) is 0 Å². The Morgan fingerprint density at radius 1 is 0.301 bits per heavy atom. The molecule has 8 fully saturated rings. The van der Waals surface area contributed by atoms with E-state index in [1.54, 1.807) is 0 Å². The van der Waals surface area contributed by atoms with E-state index < -0.39 is 297 Å². The second kappa shape index (κ2) is 32.6. The van der Waals surface area contributed by atoms with E-state index in [4.69, 9.17) is 71.1 Å². The van der Waals surface area contributed by atoms with E-state index >= 15 is 0 Å². The molecular formula is C52H88N2O39. The fourth-order valence-electron chi connectivity index (χ4n) is 11.9. The first-order valence-electron chi connectivity index (χ1n) is 29.8. The lowest BCUT2D eigenvalue weighted by atomic mass is 9.93. The summed E-state index contributed by atoms with van der Waals surface area (Å²) in [6.45, 7) is -1.12. The molecule has 41 heteroatoms. The van der Waals surface area contributed by atoms with Crippen LogP contribution in [0, 0.1) is 0 Å². The largest absolute Gasteiger partial charge is 0.394 e. The smallest absolute Gasteiger partial charge is 0.217 e. The number of hydrogen-bond donors (Lipinski definition) is 24. The number of hydrogen-bond acceptors (Lipinski definition) is 39. The third-order valence-corrected chi connectivity index (χ3v) is 17.3. The van der Waals surface area contributed by atoms with Crippen LogP contribution in [-0.2, 0) is 80.6 Å². The molecule has 8 rings (SSSR count). The summed E-state index contributed by atoms with van der Waals surface area (Å²) in [6, 6.07) is -3.72. The molecule has 8 saturated heterocycles. The Balaban J connectivity index is 1.08. The summed E-state index contributed by atoms with van der Waals surface area (Å²) in [5.74, 6) is -1.79. The highest BCUT2D eigenvalue weighted by atomic mass is 16.8. The minimum absolute atomic E-state index is 0.816. The number of nitrogens with one attached hydrogen (secondary N) is 2. The summed E-state index contributed by atoms with van der Waals surface area (Å²) in [4.78, 5) is 25.9. The van der Waals surface area contributed by atoms with Crippen LogP contribution in [0.25, 0.3) is 0 Å². The van der Waals surface area contributed by atoms with Crippen molar-refractivity contribution in [2.45, 2.75) is 273 Å². The topological polar surface area (TPSA) is 642 Å². The van der Waals surface area contributed by atoms with E-state index in [9.17, 15) is 122 Å². The molecule has 40 atom stereocenters. The fourth-order valence-corrected chi connectivity index (χ4v) is 11.9. The van der Waals surface area contributed by atoms with Crippen LogP contribution >= 0.6 is 0 Å². The Labute approximate surface area is 527 Å². The number of carbonyl (C=O) groups excluding carboxylic acids is 2. The van der Waals surface area contributed by atoms with Crippen molar-refractivity contribution in [2.75, 3.05) is 39.6 Å². The van der Waals surface area contributed by atoms with Gasteiger partial charge in [0.25, 0.3) is 0 Å². The molecule has 2 amide bonds.